The molecule has 4 heteroatoms. The summed E-state index contributed by atoms with van der Waals surface area (Å²) in [4.78, 5) is 12.2. The third-order valence-corrected chi connectivity index (χ3v) is 3.79. The fraction of sp³-hybridized carbons (Fsp3) is 0.562. The first kappa shape index (κ1) is 15.0. The highest BCUT2D eigenvalue weighted by atomic mass is 16.5. The maximum absolute atomic E-state index is 12.2. The van der Waals surface area contributed by atoms with E-state index in [9.17, 15) is 4.79 Å². The molecule has 1 fully saturated rings. The minimum absolute atomic E-state index is 0.0247. The minimum Gasteiger partial charge on any atom is -0.375 e. The predicted octanol–water partition coefficient (Wildman–Crippen LogP) is 1.59. The standard InChI is InChI=1S/C16H24N2O2/c1-11-5-4-6-14(9-11)12(2)10-18-16(19)15-13(3)20-8-7-17-15/h4-6,9,12-13,15,17H,7-8,10H2,1-3H3,(H,18,19)/t12?,13-,15+/m1/s1. The number of morpholine rings is 1. The molecule has 0 aliphatic carbocycles. The minimum atomic E-state index is -0.242. The third kappa shape index (κ3) is 3.81. The molecule has 1 amide bonds. The lowest BCUT2D eigenvalue weighted by molar-refractivity contribution is -0.128. The average Bonchev–Trinajstić information content (AvgIpc) is 2.45. The molecule has 1 heterocycles. The van der Waals surface area contributed by atoms with Crippen LogP contribution in [0.1, 0.15) is 30.9 Å². The zero-order valence-electron chi connectivity index (χ0n) is 12.5. The van der Waals surface area contributed by atoms with Crippen molar-refractivity contribution in [2.24, 2.45) is 0 Å². The Kier molecular flexibility index (Phi) is 5.15. The summed E-state index contributed by atoms with van der Waals surface area (Å²) in [5.41, 5.74) is 2.50. The summed E-state index contributed by atoms with van der Waals surface area (Å²) in [7, 11) is 0. The molecule has 1 aliphatic heterocycles. The van der Waals surface area contributed by atoms with E-state index in [1.54, 1.807) is 0 Å². The van der Waals surface area contributed by atoms with E-state index >= 15 is 0 Å². The lowest BCUT2D eigenvalue weighted by Crippen LogP contribution is -2.55. The molecule has 1 unspecified atom stereocenters. The van der Waals surface area contributed by atoms with Gasteiger partial charge >= 0.3 is 0 Å². The van der Waals surface area contributed by atoms with Gasteiger partial charge in [0.25, 0.3) is 0 Å². The molecule has 3 atom stereocenters. The lowest BCUT2D eigenvalue weighted by atomic mass is 9.99. The topological polar surface area (TPSA) is 50.4 Å². The Balaban J connectivity index is 1.86. The van der Waals surface area contributed by atoms with Gasteiger partial charge in [-0.1, -0.05) is 36.8 Å². The van der Waals surface area contributed by atoms with Crippen molar-refractivity contribution in [3.05, 3.63) is 35.4 Å². The second-order valence-corrected chi connectivity index (χ2v) is 5.57. The number of carbonyl (C=O) groups is 1. The van der Waals surface area contributed by atoms with E-state index in [0.29, 0.717) is 19.1 Å². The number of rotatable bonds is 4. The van der Waals surface area contributed by atoms with Crippen LogP contribution in [0.3, 0.4) is 0 Å². The van der Waals surface area contributed by atoms with Crippen LogP contribution < -0.4 is 10.6 Å². The second-order valence-electron chi connectivity index (χ2n) is 5.57. The Bertz CT molecular complexity index is 462. The van der Waals surface area contributed by atoms with Crippen LogP contribution in [0.25, 0.3) is 0 Å². The molecule has 1 aromatic rings. The van der Waals surface area contributed by atoms with Gasteiger partial charge < -0.3 is 15.4 Å². The van der Waals surface area contributed by atoms with Crippen LogP contribution in [0.2, 0.25) is 0 Å². The van der Waals surface area contributed by atoms with E-state index in [4.69, 9.17) is 4.74 Å². The van der Waals surface area contributed by atoms with Crippen molar-refractivity contribution in [3.8, 4) is 0 Å². The number of hydrogen-bond acceptors (Lipinski definition) is 3. The highest BCUT2D eigenvalue weighted by molar-refractivity contribution is 5.82. The molecule has 0 aromatic heterocycles. The van der Waals surface area contributed by atoms with Crippen LogP contribution in [0, 0.1) is 6.92 Å². The summed E-state index contributed by atoms with van der Waals surface area (Å²) in [5.74, 6) is 0.329. The number of carbonyl (C=O) groups excluding carboxylic acids is 1. The maximum atomic E-state index is 12.2. The second kappa shape index (κ2) is 6.86. The Morgan fingerprint density at radius 1 is 1.55 bits per heavy atom. The Hall–Kier alpha value is -1.39. The van der Waals surface area contributed by atoms with Crippen LogP contribution in [-0.2, 0) is 9.53 Å². The van der Waals surface area contributed by atoms with Crippen LogP contribution in [0.5, 0.6) is 0 Å². The Labute approximate surface area is 120 Å². The van der Waals surface area contributed by atoms with Gasteiger partial charge in [-0.05, 0) is 25.3 Å². The summed E-state index contributed by atoms with van der Waals surface area (Å²) in [6, 6.07) is 8.17. The van der Waals surface area contributed by atoms with Crippen molar-refractivity contribution < 1.29 is 9.53 Å². The molecule has 1 aliphatic rings. The molecule has 0 bridgehead atoms. The predicted molar refractivity (Wildman–Crippen MR) is 79.8 cm³/mol. The van der Waals surface area contributed by atoms with Gasteiger partial charge in [-0.25, -0.2) is 0 Å². The van der Waals surface area contributed by atoms with Gasteiger partial charge in [-0.2, -0.15) is 0 Å². The maximum Gasteiger partial charge on any atom is 0.239 e. The lowest BCUT2D eigenvalue weighted by Gasteiger charge is -2.29. The van der Waals surface area contributed by atoms with E-state index in [1.165, 1.54) is 11.1 Å². The smallest absolute Gasteiger partial charge is 0.239 e. The first-order chi connectivity index (χ1) is 9.58. The number of hydrogen-bond donors (Lipinski definition) is 2. The van der Waals surface area contributed by atoms with Crippen LogP contribution in [0.4, 0.5) is 0 Å². The van der Waals surface area contributed by atoms with Gasteiger partial charge in [0.15, 0.2) is 0 Å². The summed E-state index contributed by atoms with van der Waals surface area (Å²) in [6.45, 7) is 8.19. The molecule has 110 valence electrons. The summed E-state index contributed by atoms with van der Waals surface area (Å²) in [6.07, 6.45) is -0.0713. The van der Waals surface area contributed by atoms with Gasteiger partial charge in [-0.15, -0.1) is 0 Å². The Morgan fingerprint density at radius 3 is 3.05 bits per heavy atom. The molecule has 0 spiro atoms. The summed E-state index contributed by atoms with van der Waals surface area (Å²) < 4.78 is 5.50. The molecule has 2 rings (SSSR count). The molecular weight excluding hydrogens is 252 g/mol. The van der Waals surface area contributed by atoms with Crippen LogP contribution in [0.15, 0.2) is 24.3 Å². The molecular formula is C16H24N2O2. The van der Waals surface area contributed by atoms with Crippen molar-refractivity contribution in [3.63, 3.8) is 0 Å². The summed E-state index contributed by atoms with van der Waals surface area (Å²) >= 11 is 0. The Morgan fingerprint density at radius 2 is 2.35 bits per heavy atom. The van der Waals surface area contributed by atoms with E-state index in [2.05, 4.69) is 48.7 Å². The highest BCUT2D eigenvalue weighted by Gasteiger charge is 2.28. The van der Waals surface area contributed by atoms with Gasteiger partial charge in [0.05, 0.1) is 12.7 Å². The van der Waals surface area contributed by atoms with Crippen LogP contribution >= 0.6 is 0 Å². The number of amides is 1. The van der Waals surface area contributed by atoms with Gasteiger partial charge in [0, 0.05) is 13.1 Å². The SMILES string of the molecule is Cc1cccc(C(C)CNC(=O)[C@H]2NCCO[C@@H]2C)c1. The number of ether oxygens (including phenoxy) is 1. The van der Waals surface area contributed by atoms with E-state index < -0.39 is 0 Å². The highest BCUT2D eigenvalue weighted by Crippen LogP contribution is 2.15. The van der Waals surface area contributed by atoms with Crippen molar-refractivity contribution in [2.45, 2.75) is 38.8 Å². The first-order valence-electron chi connectivity index (χ1n) is 7.27. The third-order valence-electron chi connectivity index (χ3n) is 3.79. The normalized spacial score (nSPS) is 24.1. The zero-order chi connectivity index (χ0) is 14.5. The largest absolute Gasteiger partial charge is 0.375 e. The fourth-order valence-electron chi connectivity index (χ4n) is 2.49. The van der Waals surface area contributed by atoms with Crippen LogP contribution in [-0.4, -0.2) is 37.7 Å². The zero-order valence-corrected chi connectivity index (χ0v) is 12.5. The molecule has 20 heavy (non-hydrogen) atoms. The quantitative estimate of drug-likeness (QED) is 0.878. The van der Waals surface area contributed by atoms with Crippen molar-refractivity contribution in [1.82, 2.24) is 10.6 Å². The van der Waals surface area contributed by atoms with Crippen molar-refractivity contribution in [1.29, 1.82) is 0 Å². The first-order valence-corrected chi connectivity index (χ1v) is 7.27. The molecule has 0 saturated carbocycles. The summed E-state index contributed by atoms with van der Waals surface area (Å²) in [5, 5.41) is 6.22. The van der Waals surface area contributed by atoms with Crippen molar-refractivity contribution in [2.75, 3.05) is 19.7 Å². The monoisotopic (exact) mass is 276 g/mol. The van der Waals surface area contributed by atoms with E-state index in [0.717, 1.165) is 6.54 Å². The molecule has 4 nitrogen and oxygen atoms in total. The number of aryl methyl sites for hydroxylation is 1. The average molecular weight is 276 g/mol. The number of nitrogens with one attached hydrogen (secondary N) is 2. The fourth-order valence-corrected chi connectivity index (χ4v) is 2.49. The molecule has 1 aromatic carbocycles. The van der Waals surface area contributed by atoms with Gasteiger partial charge in [0.2, 0.25) is 5.91 Å². The van der Waals surface area contributed by atoms with Gasteiger partial charge in [0.1, 0.15) is 6.04 Å². The number of benzene rings is 1. The molecule has 0 radical (unpaired) electrons. The van der Waals surface area contributed by atoms with Gasteiger partial charge in [-0.3, -0.25) is 4.79 Å². The van der Waals surface area contributed by atoms with E-state index in [1.807, 2.05) is 6.92 Å². The van der Waals surface area contributed by atoms with E-state index in [-0.39, 0.29) is 18.1 Å². The molecule has 2 N–H and O–H groups in total. The van der Waals surface area contributed by atoms with Crippen molar-refractivity contribution >= 4 is 5.91 Å². The molecule has 1 saturated heterocycles.